The van der Waals surface area contributed by atoms with Crippen LogP contribution in [0.2, 0.25) is 0 Å². The first-order valence-electron chi connectivity index (χ1n) is 8.99. The van der Waals surface area contributed by atoms with Gasteiger partial charge in [0, 0.05) is 57.3 Å². The van der Waals surface area contributed by atoms with Crippen molar-refractivity contribution in [3.05, 3.63) is 24.2 Å². The van der Waals surface area contributed by atoms with E-state index in [9.17, 15) is 4.79 Å². The summed E-state index contributed by atoms with van der Waals surface area (Å²) in [5, 5.41) is 9.10. The van der Waals surface area contributed by atoms with E-state index in [2.05, 4.69) is 21.7 Å². The van der Waals surface area contributed by atoms with Crippen LogP contribution in [0.15, 0.2) is 23.0 Å². The molecule has 3 heterocycles. The molecule has 1 N–H and O–H groups in total. The Kier molecular flexibility index (Phi) is 5.92. The van der Waals surface area contributed by atoms with Crippen LogP contribution in [-0.2, 0) is 11.3 Å². The minimum Gasteiger partial charge on any atom is -0.481 e. The highest BCUT2D eigenvalue weighted by atomic mass is 16.4. The molecule has 3 rings (SSSR count). The number of aliphatic carboxylic acids is 1. The lowest BCUT2D eigenvalue weighted by Crippen LogP contribution is -2.56. The highest BCUT2D eigenvalue weighted by molar-refractivity contribution is 5.66. The number of piperazine rings is 1. The first-order valence-corrected chi connectivity index (χ1v) is 8.99. The fourth-order valence-electron chi connectivity index (χ4n) is 4.11. The van der Waals surface area contributed by atoms with E-state index in [1.165, 1.54) is 5.56 Å². The Balaban J connectivity index is 1.61. The molecule has 0 unspecified atom stereocenters. The van der Waals surface area contributed by atoms with Gasteiger partial charge in [0.1, 0.15) is 0 Å². The average Bonchev–Trinajstić information content (AvgIpc) is 3.07. The van der Waals surface area contributed by atoms with Crippen LogP contribution in [0.25, 0.3) is 0 Å². The molecule has 0 amide bonds. The fraction of sp³-hybridized carbons (Fsp3) is 0.722. The van der Waals surface area contributed by atoms with Crippen LogP contribution in [0.1, 0.15) is 24.8 Å². The molecule has 1 aromatic heterocycles. The van der Waals surface area contributed by atoms with E-state index in [-0.39, 0.29) is 6.42 Å². The molecular formula is C18H29N3O3. The Bertz CT molecular complexity index is 512. The maximum atomic E-state index is 11.1. The molecule has 2 aliphatic heterocycles. The van der Waals surface area contributed by atoms with Gasteiger partial charge in [-0.2, -0.15) is 0 Å². The zero-order chi connectivity index (χ0) is 16.9. The van der Waals surface area contributed by atoms with Crippen molar-refractivity contribution >= 4 is 5.97 Å². The summed E-state index contributed by atoms with van der Waals surface area (Å²) in [4.78, 5) is 18.5. The smallest absolute Gasteiger partial charge is 0.303 e. The van der Waals surface area contributed by atoms with E-state index in [0.29, 0.717) is 12.0 Å². The minimum absolute atomic E-state index is 0.272. The van der Waals surface area contributed by atoms with Crippen molar-refractivity contribution in [1.29, 1.82) is 0 Å². The van der Waals surface area contributed by atoms with E-state index >= 15 is 0 Å². The second kappa shape index (κ2) is 8.14. The van der Waals surface area contributed by atoms with Crippen LogP contribution in [0.3, 0.4) is 0 Å². The molecule has 6 nitrogen and oxygen atoms in total. The van der Waals surface area contributed by atoms with Crippen molar-refractivity contribution in [2.24, 2.45) is 5.92 Å². The second-order valence-corrected chi connectivity index (χ2v) is 7.25. The SMILES string of the molecule is CN1CCN([C@H]2CCN(Cc3ccoc3)C[C@H]2CCC(=O)O)CC1. The number of likely N-dealkylation sites (N-methyl/N-ethyl adjacent to an activating group) is 1. The molecule has 0 saturated carbocycles. The predicted molar refractivity (Wildman–Crippen MR) is 91.8 cm³/mol. The van der Waals surface area contributed by atoms with Crippen LogP contribution < -0.4 is 0 Å². The van der Waals surface area contributed by atoms with Crippen molar-refractivity contribution in [2.45, 2.75) is 31.8 Å². The van der Waals surface area contributed by atoms with Gasteiger partial charge in [-0.3, -0.25) is 14.6 Å². The lowest BCUT2D eigenvalue weighted by molar-refractivity contribution is -0.137. The lowest BCUT2D eigenvalue weighted by atomic mass is 9.86. The lowest BCUT2D eigenvalue weighted by Gasteiger charge is -2.46. The molecule has 1 aromatic rings. The Hall–Kier alpha value is -1.37. The van der Waals surface area contributed by atoms with Crippen LogP contribution in [0, 0.1) is 5.92 Å². The Labute approximate surface area is 144 Å². The van der Waals surface area contributed by atoms with Crippen LogP contribution in [-0.4, -0.2) is 78.1 Å². The van der Waals surface area contributed by atoms with Crippen molar-refractivity contribution in [2.75, 3.05) is 46.3 Å². The number of carboxylic acids is 1. The summed E-state index contributed by atoms with van der Waals surface area (Å²) in [5.74, 6) is -0.246. The normalized spacial score (nSPS) is 27.4. The fourth-order valence-corrected chi connectivity index (χ4v) is 4.11. The van der Waals surface area contributed by atoms with Crippen molar-refractivity contribution in [3.8, 4) is 0 Å². The molecule has 0 spiro atoms. The summed E-state index contributed by atoms with van der Waals surface area (Å²) in [5.41, 5.74) is 1.20. The van der Waals surface area contributed by atoms with Crippen LogP contribution in [0.5, 0.6) is 0 Å². The van der Waals surface area contributed by atoms with Crippen LogP contribution >= 0.6 is 0 Å². The van der Waals surface area contributed by atoms with Gasteiger partial charge >= 0.3 is 5.97 Å². The summed E-state index contributed by atoms with van der Waals surface area (Å²) in [6.45, 7) is 7.39. The van der Waals surface area contributed by atoms with Gasteiger partial charge < -0.3 is 14.4 Å². The number of carbonyl (C=O) groups is 1. The third-order valence-electron chi connectivity index (χ3n) is 5.50. The molecule has 2 aliphatic rings. The molecule has 2 saturated heterocycles. The summed E-state index contributed by atoms with van der Waals surface area (Å²) >= 11 is 0. The number of nitrogens with zero attached hydrogens (tertiary/aromatic N) is 3. The number of carboxylic acid groups (broad SMARTS) is 1. The standard InChI is InChI=1S/C18H29N3O3/c1-19-7-9-21(10-8-19)17-4-6-20(12-15-5-11-24-14-15)13-16(17)2-3-18(22)23/h5,11,14,16-17H,2-4,6-10,12-13H2,1H3,(H,22,23)/t16-,17+/m1/s1. The van der Waals surface area contributed by atoms with Crippen molar-refractivity contribution < 1.29 is 14.3 Å². The van der Waals surface area contributed by atoms with Crippen molar-refractivity contribution in [1.82, 2.24) is 14.7 Å². The highest BCUT2D eigenvalue weighted by Crippen LogP contribution is 2.28. The zero-order valence-electron chi connectivity index (χ0n) is 14.6. The van der Waals surface area contributed by atoms with E-state index in [1.54, 1.807) is 12.5 Å². The first-order chi connectivity index (χ1) is 11.6. The van der Waals surface area contributed by atoms with Gasteiger partial charge in [0.05, 0.1) is 12.5 Å². The molecule has 134 valence electrons. The molecule has 2 atom stereocenters. The Morgan fingerprint density at radius 1 is 1.29 bits per heavy atom. The van der Waals surface area contributed by atoms with Gasteiger partial charge in [-0.15, -0.1) is 0 Å². The molecule has 6 heteroatoms. The van der Waals surface area contributed by atoms with Gasteiger partial charge in [0.15, 0.2) is 0 Å². The topological polar surface area (TPSA) is 60.2 Å². The number of rotatable bonds is 6. The average molecular weight is 335 g/mol. The quantitative estimate of drug-likeness (QED) is 0.852. The third-order valence-corrected chi connectivity index (χ3v) is 5.50. The van der Waals surface area contributed by atoms with Gasteiger partial charge in [0.2, 0.25) is 0 Å². The summed E-state index contributed by atoms with van der Waals surface area (Å²) in [6, 6.07) is 2.54. The molecule has 0 aromatic carbocycles. The molecule has 0 aliphatic carbocycles. The van der Waals surface area contributed by atoms with E-state index in [1.807, 2.05) is 6.07 Å². The van der Waals surface area contributed by atoms with E-state index < -0.39 is 5.97 Å². The maximum Gasteiger partial charge on any atom is 0.303 e. The van der Waals surface area contributed by atoms with E-state index in [0.717, 1.165) is 58.7 Å². The Morgan fingerprint density at radius 2 is 2.08 bits per heavy atom. The number of furan rings is 1. The monoisotopic (exact) mass is 335 g/mol. The molecule has 0 radical (unpaired) electrons. The number of likely N-dealkylation sites (tertiary alicyclic amines) is 1. The Morgan fingerprint density at radius 3 is 2.75 bits per heavy atom. The third kappa shape index (κ3) is 4.59. The largest absolute Gasteiger partial charge is 0.481 e. The highest BCUT2D eigenvalue weighted by Gasteiger charge is 2.34. The van der Waals surface area contributed by atoms with Gasteiger partial charge in [0.25, 0.3) is 0 Å². The van der Waals surface area contributed by atoms with Gasteiger partial charge in [-0.1, -0.05) is 0 Å². The second-order valence-electron chi connectivity index (χ2n) is 7.25. The molecule has 2 fully saturated rings. The summed E-state index contributed by atoms with van der Waals surface area (Å²) in [7, 11) is 2.17. The van der Waals surface area contributed by atoms with Gasteiger partial charge in [-0.05, 0) is 38.4 Å². The molecule has 0 bridgehead atoms. The first kappa shape index (κ1) is 17.5. The number of hydrogen-bond donors (Lipinski definition) is 1. The van der Waals surface area contributed by atoms with Crippen LogP contribution in [0.4, 0.5) is 0 Å². The van der Waals surface area contributed by atoms with E-state index in [4.69, 9.17) is 9.52 Å². The molecule has 24 heavy (non-hydrogen) atoms. The maximum absolute atomic E-state index is 11.1. The van der Waals surface area contributed by atoms with Crippen molar-refractivity contribution in [3.63, 3.8) is 0 Å². The van der Waals surface area contributed by atoms with Gasteiger partial charge in [-0.25, -0.2) is 0 Å². The number of piperidine rings is 1. The summed E-state index contributed by atoms with van der Waals surface area (Å²) < 4.78 is 5.17. The molecular weight excluding hydrogens is 306 g/mol. The summed E-state index contributed by atoms with van der Waals surface area (Å²) in [6.07, 6.45) is 5.70. The zero-order valence-corrected chi connectivity index (χ0v) is 14.6. The predicted octanol–water partition coefficient (Wildman–Crippen LogP) is 1.58. The minimum atomic E-state index is -0.681. The number of hydrogen-bond acceptors (Lipinski definition) is 5.